The standard InChI is InChI=1S/C7H10ClN3O3S/c1-5(12)2-11-15(13,14)6-3-9-7(8)10-4-6/h3-5,11-12H,2H2,1H3/t5-/m1/s1. The summed E-state index contributed by atoms with van der Waals surface area (Å²) in [6.45, 7) is 1.41. The molecule has 0 bridgehead atoms. The average Bonchev–Trinajstić information content (AvgIpc) is 2.16. The van der Waals surface area contributed by atoms with E-state index >= 15 is 0 Å². The van der Waals surface area contributed by atoms with E-state index < -0.39 is 16.1 Å². The van der Waals surface area contributed by atoms with Crippen LogP contribution in [-0.2, 0) is 10.0 Å². The normalized spacial score (nSPS) is 13.8. The van der Waals surface area contributed by atoms with Gasteiger partial charge in [0.25, 0.3) is 0 Å². The summed E-state index contributed by atoms with van der Waals surface area (Å²) in [5, 5.41) is 8.90. The van der Waals surface area contributed by atoms with Crippen LogP contribution in [0.3, 0.4) is 0 Å². The van der Waals surface area contributed by atoms with Gasteiger partial charge in [0.2, 0.25) is 15.3 Å². The fraction of sp³-hybridized carbons (Fsp3) is 0.429. The van der Waals surface area contributed by atoms with Crippen LogP contribution in [0.1, 0.15) is 6.92 Å². The van der Waals surface area contributed by atoms with E-state index in [1.807, 2.05) is 0 Å². The molecule has 2 N–H and O–H groups in total. The Balaban J connectivity index is 2.82. The highest BCUT2D eigenvalue weighted by Gasteiger charge is 2.15. The molecule has 0 aromatic carbocycles. The zero-order valence-electron chi connectivity index (χ0n) is 7.88. The summed E-state index contributed by atoms with van der Waals surface area (Å²) in [4.78, 5) is 7.00. The van der Waals surface area contributed by atoms with Gasteiger partial charge < -0.3 is 5.11 Å². The summed E-state index contributed by atoms with van der Waals surface area (Å²) in [5.41, 5.74) is 0. The van der Waals surface area contributed by atoms with Crippen LogP contribution in [0, 0.1) is 0 Å². The van der Waals surface area contributed by atoms with E-state index in [0.29, 0.717) is 0 Å². The third-order valence-corrected chi connectivity index (χ3v) is 3.05. The molecule has 0 amide bonds. The van der Waals surface area contributed by atoms with Crippen molar-refractivity contribution in [3.05, 3.63) is 17.7 Å². The lowest BCUT2D eigenvalue weighted by atomic mass is 10.4. The second-order valence-electron chi connectivity index (χ2n) is 2.89. The molecular weight excluding hydrogens is 242 g/mol. The first kappa shape index (κ1) is 12.3. The molecule has 0 unspecified atom stereocenters. The Bertz CT molecular complexity index is 418. The van der Waals surface area contributed by atoms with Crippen molar-refractivity contribution in [2.45, 2.75) is 17.9 Å². The first-order valence-electron chi connectivity index (χ1n) is 4.07. The molecule has 0 aliphatic carbocycles. The Kier molecular flexibility index (Phi) is 3.97. The van der Waals surface area contributed by atoms with Crippen molar-refractivity contribution in [2.24, 2.45) is 0 Å². The van der Waals surface area contributed by atoms with E-state index in [1.54, 1.807) is 0 Å². The van der Waals surface area contributed by atoms with Gasteiger partial charge >= 0.3 is 0 Å². The lowest BCUT2D eigenvalue weighted by Gasteiger charge is -2.07. The quantitative estimate of drug-likeness (QED) is 0.723. The lowest BCUT2D eigenvalue weighted by Crippen LogP contribution is -2.30. The van der Waals surface area contributed by atoms with E-state index in [2.05, 4.69) is 14.7 Å². The number of aliphatic hydroxyl groups is 1. The topological polar surface area (TPSA) is 92.2 Å². The molecular formula is C7H10ClN3O3S. The van der Waals surface area contributed by atoms with Crippen molar-refractivity contribution in [3.63, 3.8) is 0 Å². The maximum absolute atomic E-state index is 11.5. The molecule has 1 atom stereocenters. The summed E-state index contributed by atoms with van der Waals surface area (Å²) >= 11 is 5.41. The third kappa shape index (κ3) is 3.71. The van der Waals surface area contributed by atoms with Crippen LogP contribution >= 0.6 is 11.6 Å². The van der Waals surface area contributed by atoms with E-state index in [9.17, 15) is 8.42 Å². The number of sulfonamides is 1. The van der Waals surface area contributed by atoms with Crippen molar-refractivity contribution in [3.8, 4) is 0 Å². The smallest absolute Gasteiger partial charge is 0.243 e. The molecule has 1 heterocycles. The number of halogens is 1. The summed E-state index contributed by atoms with van der Waals surface area (Å²) in [5.74, 6) is 0. The monoisotopic (exact) mass is 251 g/mol. The van der Waals surface area contributed by atoms with Crippen LogP contribution in [0.4, 0.5) is 0 Å². The Morgan fingerprint density at radius 2 is 2.07 bits per heavy atom. The van der Waals surface area contributed by atoms with Gasteiger partial charge in [-0.15, -0.1) is 0 Å². The molecule has 1 aromatic rings. The Morgan fingerprint density at radius 3 is 2.53 bits per heavy atom. The van der Waals surface area contributed by atoms with Crippen molar-refractivity contribution < 1.29 is 13.5 Å². The fourth-order valence-electron chi connectivity index (χ4n) is 0.753. The SMILES string of the molecule is C[C@@H](O)CNS(=O)(=O)c1cnc(Cl)nc1. The minimum absolute atomic E-state index is 0.0236. The molecule has 0 spiro atoms. The largest absolute Gasteiger partial charge is 0.392 e. The van der Waals surface area contributed by atoms with Crippen LogP contribution in [0.25, 0.3) is 0 Å². The predicted molar refractivity (Wildman–Crippen MR) is 53.9 cm³/mol. The number of nitrogens with one attached hydrogen (secondary N) is 1. The van der Waals surface area contributed by atoms with Gasteiger partial charge in [-0.05, 0) is 18.5 Å². The molecule has 84 valence electrons. The van der Waals surface area contributed by atoms with Gasteiger partial charge in [0, 0.05) is 6.54 Å². The van der Waals surface area contributed by atoms with Crippen LogP contribution in [0.2, 0.25) is 5.28 Å². The third-order valence-electron chi connectivity index (χ3n) is 1.48. The molecule has 0 aliphatic heterocycles. The second-order valence-corrected chi connectivity index (χ2v) is 4.99. The van der Waals surface area contributed by atoms with Gasteiger partial charge in [-0.2, -0.15) is 0 Å². The molecule has 15 heavy (non-hydrogen) atoms. The molecule has 0 aliphatic rings. The predicted octanol–water partition coefficient (Wildman–Crippen LogP) is -0.211. The van der Waals surface area contributed by atoms with Crippen LogP contribution in [0.5, 0.6) is 0 Å². The number of hydrogen-bond donors (Lipinski definition) is 2. The van der Waals surface area contributed by atoms with Crippen LogP contribution in [-0.4, -0.2) is 36.1 Å². The molecule has 0 radical (unpaired) electrons. The number of aromatic nitrogens is 2. The molecule has 0 saturated heterocycles. The van der Waals surface area contributed by atoms with Gasteiger partial charge in [0.05, 0.1) is 18.5 Å². The maximum atomic E-state index is 11.5. The van der Waals surface area contributed by atoms with E-state index in [-0.39, 0.29) is 16.7 Å². The van der Waals surface area contributed by atoms with E-state index in [0.717, 1.165) is 12.4 Å². The highest BCUT2D eigenvalue weighted by atomic mass is 35.5. The molecule has 1 rings (SSSR count). The zero-order valence-corrected chi connectivity index (χ0v) is 9.46. The molecule has 1 aromatic heterocycles. The van der Waals surface area contributed by atoms with Crippen molar-refractivity contribution in [1.29, 1.82) is 0 Å². The van der Waals surface area contributed by atoms with E-state index in [4.69, 9.17) is 16.7 Å². The molecule has 6 nitrogen and oxygen atoms in total. The van der Waals surface area contributed by atoms with Gasteiger partial charge in [-0.3, -0.25) is 0 Å². The number of rotatable bonds is 4. The molecule has 0 saturated carbocycles. The Hall–Kier alpha value is -0.760. The summed E-state index contributed by atoms with van der Waals surface area (Å²) in [6, 6.07) is 0. The highest BCUT2D eigenvalue weighted by Crippen LogP contribution is 2.07. The van der Waals surface area contributed by atoms with Gasteiger partial charge in [-0.25, -0.2) is 23.1 Å². The first-order chi connectivity index (χ1) is 6.92. The average molecular weight is 252 g/mol. The van der Waals surface area contributed by atoms with Crippen molar-refractivity contribution in [1.82, 2.24) is 14.7 Å². The van der Waals surface area contributed by atoms with Crippen LogP contribution < -0.4 is 4.72 Å². The van der Waals surface area contributed by atoms with Crippen LogP contribution in [0.15, 0.2) is 17.3 Å². The first-order valence-corrected chi connectivity index (χ1v) is 5.93. The zero-order chi connectivity index (χ0) is 11.5. The van der Waals surface area contributed by atoms with Crippen molar-refractivity contribution in [2.75, 3.05) is 6.54 Å². The van der Waals surface area contributed by atoms with Crippen molar-refractivity contribution >= 4 is 21.6 Å². The number of nitrogens with zero attached hydrogens (tertiary/aromatic N) is 2. The lowest BCUT2D eigenvalue weighted by molar-refractivity contribution is 0.198. The Labute approximate surface area is 92.4 Å². The van der Waals surface area contributed by atoms with E-state index in [1.165, 1.54) is 6.92 Å². The fourth-order valence-corrected chi connectivity index (χ4v) is 1.86. The number of hydrogen-bond acceptors (Lipinski definition) is 5. The van der Waals surface area contributed by atoms with Gasteiger partial charge in [-0.1, -0.05) is 0 Å². The summed E-state index contributed by atoms with van der Waals surface area (Å²) in [6.07, 6.45) is 1.44. The highest BCUT2D eigenvalue weighted by molar-refractivity contribution is 7.89. The van der Waals surface area contributed by atoms with Gasteiger partial charge in [0.1, 0.15) is 4.90 Å². The number of aliphatic hydroxyl groups excluding tert-OH is 1. The minimum Gasteiger partial charge on any atom is -0.392 e. The molecule has 8 heteroatoms. The second kappa shape index (κ2) is 4.84. The van der Waals surface area contributed by atoms with Gasteiger partial charge in [0.15, 0.2) is 0 Å². The summed E-state index contributed by atoms with van der Waals surface area (Å²) < 4.78 is 25.2. The minimum atomic E-state index is -3.67. The maximum Gasteiger partial charge on any atom is 0.243 e. The molecule has 0 fully saturated rings. The summed E-state index contributed by atoms with van der Waals surface area (Å²) in [7, 11) is -3.67. The Morgan fingerprint density at radius 1 is 1.53 bits per heavy atom.